The van der Waals surface area contributed by atoms with E-state index in [2.05, 4.69) is 48.1 Å². The summed E-state index contributed by atoms with van der Waals surface area (Å²) in [7, 11) is 0. The van der Waals surface area contributed by atoms with Gasteiger partial charge in [0, 0.05) is 0 Å². The van der Waals surface area contributed by atoms with Gasteiger partial charge in [0.05, 0.1) is 6.10 Å². The van der Waals surface area contributed by atoms with E-state index < -0.39 is 0 Å². The van der Waals surface area contributed by atoms with E-state index in [9.17, 15) is 5.11 Å². The van der Waals surface area contributed by atoms with Crippen molar-refractivity contribution in [2.75, 3.05) is 0 Å². The zero-order chi connectivity index (χ0) is 21.8. The Morgan fingerprint density at radius 3 is 2.23 bits per heavy atom. The smallest absolute Gasteiger partial charge is 0.0568 e. The Hall–Kier alpha value is -0.300. The van der Waals surface area contributed by atoms with Crippen LogP contribution in [0.1, 0.15) is 106 Å². The van der Waals surface area contributed by atoms with E-state index in [4.69, 9.17) is 0 Å². The van der Waals surface area contributed by atoms with Gasteiger partial charge in [-0.05, 0) is 122 Å². The Morgan fingerprint density at radius 1 is 0.900 bits per heavy atom. The second kappa shape index (κ2) is 8.24. The van der Waals surface area contributed by atoms with E-state index in [0.717, 1.165) is 41.9 Å². The molecular weight excluding hydrogens is 364 g/mol. The Morgan fingerprint density at radius 2 is 1.53 bits per heavy atom. The minimum atomic E-state index is -0.0502. The normalized spacial score (nSPS) is 49.3. The lowest BCUT2D eigenvalue weighted by atomic mass is 9.43. The molecule has 4 fully saturated rings. The van der Waals surface area contributed by atoms with Gasteiger partial charge in [0.2, 0.25) is 0 Å². The summed E-state index contributed by atoms with van der Waals surface area (Å²) in [5.74, 6) is 6.47. The number of hydrogen-bond acceptors (Lipinski definition) is 1. The number of allylic oxidation sites excluding steroid dienone is 1. The lowest BCUT2D eigenvalue weighted by Crippen LogP contribution is -2.56. The van der Waals surface area contributed by atoms with Crippen LogP contribution in [0.15, 0.2) is 12.2 Å². The standard InChI is InChI=1S/C29H50O/c1-18(2)19(3)8-9-20(4)23-12-13-25-22-10-11-24-21(5)27(30)15-17-29(24,7)26(22)14-16-28(23,25)6/h18,20-27,30H,3,8-17H2,1-2,4-7H3/t20-,21+,22+,23-,24+,25+,26+,27+,28-,29+/m1/s1. The van der Waals surface area contributed by atoms with Gasteiger partial charge < -0.3 is 5.11 Å². The molecule has 0 aromatic carbocycles. The third-order valence-electron chi connectivity index (χ3n) is 11.7. The summed E-state index contributed by atoms with van der Waals surface area (Å²) >= 11 is 0. The number of hydrogen-bond donors (Lipinski definition) is 1. The molecule has 0 bridgehead atoms. The molecule has 10 atom stereocenters. The molecule has 0 unspecified atom stereocenters. The molecule has 4 saturated carbocycles. The maximum atomic E-state index is 10.5. The van der Waals surface area contributed by atoms with Gasteiger partial charge in [0.25, 0.3) is 0 Å². The van der Waals surface area contributed by atoms with E-state index in [0.29, 0.717) is 22.7 Å². The minimum Gasteiger partial charge on any atom is -0.393 e. The quantitative estimate of drug-likeness (QED) is 0.454. The minimum absolute atomic E-state index is 0.0502. The molecule has 0 aliphatic heterocycles. The molecule has 0 amide bonds. The van der Waals surface area contributed by atoms with Crippen molar-refractivity contribution >= 4 is 0 Å². The largest absolute Gasteiger partial charge is 0.393 e. The van der Waals surface area contributed by atoms with Gasteiger partial charge in [-0.3, -0.25) is 0 Å². The van der Waals surface area contributed by atoms with Crippen LogP contribution in [0.5, 0.6) is 0 Å². The van der Waals surface area contributed by atoms with E-state index in [-0.39, 0.29) is 6.10 Å². The predicted molar refractivity (Wildman–Crippen MR) is 128 cm³/mol. The Balaban J connectivity index is 1.48. The van der Waals surface area contributed by atoms with Crippen LogP contribution in [0.4, 0.5) is 0 Å². The second-order valence-electron chi connectivity index (χ2n) is 13.1. The molecule has 0 radical (unpaired) electrons. The molecule has 172 valence electrons. The summed E-state index contributed by atoms with van der Waals surface area (Å²) in [4.78, 5) is 0. The maximum absolute atomic E-state index is 10.5. The van der Waals surface area contributed by atoms with Gasteiger partial charge >= 0.3 is 0 Å². The van der Waals surface area contributed by atoms with Crippen LogP contribution in [0.25, 0.3) is 0 Å². The van der Waals surface area contributed by atoms with E-state index in [1.807, 2.05) is 0 Å². The molecular formula is C29H50O. The fraction of sp³-hybridized carbons (Fsp3) is 0.931. The average Bonchev–Trinajstić information content (AvgIpc) is 3.06. The number of rotatable bonds is 5. The fourth-order valence-electron chi connectivity index (χ4n) is 9.59. The molecule has 1 N–H and O–H groups in total. The summed E-state index contributed by atoms with van der Waals surface area (Å²) in [6, 6.07) is 0. The van der Waals surface area contributed by atoms with Crippen molar-refractivity contribution < 1.29 is 5.11 Å². The molecule has 1 nitrogen and oxygen atoms in total. The average molecular weight is 415 g/mol. The highest BCUT2D eigenvalue weighted by Gasteiger charge is 2.61. The maximum Gasteiger partial charge on any atom is 0.0568 e. The van der Waals surface area contributed by atoms with E-state index in [1.54, 1.807) is 0 Å². The first kappa shape index (κ1) is 22.9. The SMILES string of the molecule is C=C(CC[C@@H](C)[C@H]1CC[C@H]2[C@@H]3CC[C@H]4[C@H](C)[C@@H](O)CC[C@]4(C)[C@H]3CC[C@]12C)C(C)C. The van der Waals surface area contributed by atoms with E-state index >= 15 is 0 Å². The number of aliphatic hydroxyl groups excluding tert-OH is 1. The monoisotopic (exact) mass is 414 g/mol. The fourth-order valence-corrected chi connectivity index (χ4v) is 9.59. The third-order valence-corrected chi connectivity index (χ3v) is 11.7. The zero-order valence-corrected chi connectivity index (χ0v) is 20.9. The highest BCUT2D eigenvalue weighted by molar-refractivity contribution is 5.10. The molecule has 0 aromatic rings. The summed E-state index contributed by atoms with van der Waals surface area (Å²) in [6.07, 6.45) is 13.5. The Kier molecular flexibility index (Phi) is 6.28. The lowest BCUT2D eigenvalue weighted by Gasteiger charge is -2.62. The van der Waals surface area contributed by atoms with Crippen molar-refractivity contribution in [3.63, 3.8) is 0 Å². The number of fused-ring (bicyclic) bond motifs is 5. The van der Waals surface area contributed by atoms with Gasteiger partial charge in [0.15, 0.2) is 0 Å². The van der Waals surface area contributed by atoms with Crippen LogP contribution in [0.3, 0.4) is 0 Å². The van der Waals surface area contributed by atoms with Gasteiger partial charge in [0.1, 0.15) is 0 Å². The second-order valence-corrected chi connectivity index (χ2v) is 13.1. The molecule has 30 heavy (non-hydrogen) atoms. The molecule has 4 aliphatic rings. The van der Waals surface area contributed by atoms with Gasteiger partial charge in [-0.2, -0.15) is 0 Å². The van der Waals surface area contributed by atoms with Gasteiger partial charge in [-0.1, -0.05) is 53.7 Å². The summed E-state index contributed by atoms with van der Waals surface area (Å²) < 4.78 is 0. The highest BCUT2D eigenvalue weighted by Crippen LogP contribution is 2.68. The van der Waals surface area contributed by atoms with Crippen molar-refractivity contribution in [1.29, 1.82) is 0 Å². The van der Waals surface area contributed by atoms with Gasteiger partial charge in [-0.15, -0.1) is 0 Å². The van der Waals surface area contributed by atoms with Crippen LogP contribution in [0, 0.1) is 58.2 Å². The first-order valence-electron chi connectivity index (χ1n) is 13.4. The first-order chi connectivity index (χ1) is 14.1. The van der Waals surface area contributed by atoms with Crippen LogP contribution in [-0.4, -0.2) is 11.2 Å². The third kappa shape index (κ3) is 3.54. The molecule has 0 saturated heterocycles. The zero-order valence-electron chi connectivity index (χ0n) is 20.9. The molecule has 4 aliphatic carbocycles. The van der Waals surface area contributed by atoms with Crippen LogP contribution < -0.4 is 0 Å². The molecule has 4 rings (SSSR count). The lowest BCUT2D eigenvalue weighted by molar-refractivity contribution is -0.149. The van der Waals surface area contributed by atoms with Crippen LogP contribution >= 0.6 is 0 Å². The van der Waals surface area contributed by atoms with Crippen molar-refractivity contribution in [1.82, 2.24) is 0 Å². The number of aliphatic hydroxyl groups is 1. The molecule has 0 heterocycles. The van der Waals surface area contributed by atoms with Crippen molar-refractivity contribution in [3.05, 3.63) is 12.2 Å². The van der Waals surface area contributed by atoms with Crippen molar-refractivity contribution in [2.45, 2.75) is 112 Å². The van der Waals surface area contributed by atoms with Crippen molar-refractivity contribution in [3.8, 4) is 0 Å². The van der Waals surface area contributed by atoms with Gasteiger partial charge in [-0.25, -0.2) is 0 Å². The molecule has 0 aromatic heterocycles. The van der Waals surface area contributed by atoms with Crippen molar-refractivity contribution in [2.24, 2.45) is 58.2 Å². The molecule has 1 heteroatoms. The first-order valence-corrected chi connectivity index (χ1v) is 13.4. The summed E-state index contributed by atoms with van der Waals surface area (Å²) in [5.41, 5.74) is 2.51. The van der Waals surface area contributed by atoms with Crippen LogP contribution in [0.2, 0.25) is 0 Å². The highest BCUT2D eigenvalue weighted by atomic mass is 16.3. The summed E-state index contributed by atoms with van der Waals surface area (Å²) in [5, 5.41) is 10.5. The predicted octanol–water partition coefficient (Wildman–Crippen LogP) is 7.88. The Bertz CT molecular complexity index is 636. The Labute approximate surface area is 187 Å². The topological polar surface area (TPSA) is 20.2 Å². The van der Waals surface area contributed by atoms with Crippen LogP contribution in [-0.2, 0) is 0 Å². The molecule has 0 spiro atoms. The summed E-state index contributed by atoms with van der Waals surface area (Å²) in [6.45, 7) is 19.2. The van der Waals surface area contributed by atoms with E-state index in [1.165, 1.54) is 63.4 Å².